The molecule has 0 spiro atoms. The third kappa shape index (κ3) is 3.90. The van der Waals surface area contributed by atoms with Crippen molar-refractivity contribution in [2.24, 2.45) is 17.6 Å². The van der Waals surface area contributed by atoms with Crippen LogP contribution in [0.3, 0.4) is 0 Å². The average Bonchev–Trinajstić information content (AvgIpc) is 2.85. The molecule has 0 saturated carbocycles. The summed E-state index contributed by atoms with van der Waals surface area (Å²) >= 11 is 0. The Balaban J connectivity index is 1.70. The van der Waals surface area contributed by atoms with Crippen molar-refractivity contribution in [2.45, 2.75) is 38.2 Å². The molecule has 1 amide bonds. The number of phenols is 1. The van der Waals surface area contributed by atoms with Crippen molar-refractivity contribution in [2.75, 3.05) is 19.0 Å². The largest absolute Gasteiger partial charge is 0.511 e. The van der Waals surface area contributed by atoms with Crippen molar-refractivity contribution in [3.63, 3.8) is 0 Å². The fraction of sp³-hybridized carbons (Fsp3) is 0.333. The molecule has 2 aromatic carbocycles. The van der Waals surface area contributed by atoms with Crippen LogP contribution in [-0.4, -0.2) is 63.4 Å². The van der Waals surface area contributed by atoms with Gasteiger partial charge in [0.15, 0.2) is 11.4 Å². The number of carbonyl (C=O) groups is 4. The number of aliphatic hydroxyl groups is 3. The van der Waals surface area contributed by atoms with Gasteiger partial charge in [-0.15, -0.1) is 0 Å². The Labute approximate surface area is 230 Å². The molecule has 0 bridgehead atoms. The number of aromatic hydroxyl groups is 1. The summed E-state index contributed by atoms with van der Waals surface area (Å²) in [6.45, 7) is 1.48. The predicted molar refractivity (Wildman–Crippen MR) is 145 cm³/mol. The molecular formula is C30H30N2O8. The molecular weight excluding hydrogens is 516 g/mol. The van der Waals surface area contributed by atoms with E-state index >= 15 is 0 Å². The van der Waals surface area contributed by atoms with E-state index in [1.807, 2.05) is 0 Å². The molecule has 0 saturated heterocycles. The highest BCUT2D eigenvalue weighted by Crippen LogP contribution is 2.53. The van der Waals surface area contributed by atoms with Gasteiger partial charge in [0.2, 0.25) is 5.78 Å². The molecule has 10 nitrogen and oxygen atoms in total. The van der Waals surface area contributed by atoms with E-state index in [-0.39, 0.29) is 48.4 Å². The van der Waals surface area contributed by atoms with Crippen LogP contribution in [0.2, 0.25) is 0 Å². The van der Waals surface area contributed by atoms with E-state index in [1.54, 1.807) is 49.3 Å². The molecule has 40 heavy (non-hydrogen) atoms. The van der Waals surface area contributed by atoms with Crippen LogP contribution in [0.4, 0.5) is 5.69 Å². The first-order valence-corrected chi connectivity index (χ1v) is 12.9. The van der Waals surface area contributed by atoms with Crippen LogP contribution >= 0.6 is 0 Å². The van der Waals surface area contributed by atoms with E-state index < -0.39 is 52.0 Å². The number of anilines is 1. The first-order chi connectivity index (χ1) is 18.8. The quantitative estimate of drug-likeness (QED) is 0.352. The van der Waals surface area contributed by atoms with Crippen LogP contribution in [-0.2, 0) is 27.2 Å². The number of benzene rings is 2. The Hall–Kier alpha value is -4.44. The average molecular weight is 547 g/mol. The molecule has 208 valence electrons. The van der Waals surface area contributed by atoms with Crippen molar-refractivity contribution in [3.8, 4) is 16.9 Å². The molecule has 3 atom stereocenters. The Morgan fingerprint density at radius 2 is 1.80 bits per heavy atom. The molecule has 0 aliphatic heterocycles. The van der Waals surface area contributed by atoms with Crippen LogP contribution < -0.4 is 10.6 Å². The lowest BCUT2D eigenvalue weighted by atomic mass is 9.60. The molecule has 10 heteroatoms. The number of nitrogens with zero attached hydrogens (tertiary/aromatic N) is 1. The van der Waals surface area contributed by atoms with Crippen molar-refractivity contribution in [1.82, 2.24) is 0 Å². The number of primary amides is 1. The van der Waals surface area contributed by atoms with Gasteiger partial charge in [0.05, 0.1) is 5.56 Å². The van der Waals surface area contributed by atoms with Gasteiger partial charge in [-0.25, -0.2) is 0 Å². The Morgan fingerprint density at radius 3 is 2.42 bits per heavy atom. The maximum atomic E-state index is 14.0. The summed E-state index contributed by atoms with van der Waals surface area (Å²) in [5.74, 6) is -6.68. The monoisotopic (exact) mass is 546 g/mol. The number of nitrogens with two attached hydrogens (primary N) is 1. The minimum absolute atomic E-state index is 0.0297. The second-order valence-electron chi connectivity index (χ2n) is 11.0. The van der Waals surface area contributed by atoms with E-state index in [2.05, 4.69) is 0 Å². The van der Waals surface area contributed by atoms with Crippen LogP contribution in [0.15, 0.2) is 53.0 Å². The second-order valence-corrected chi connectivity index (χ2v) is 11.0. The molecule has 6 N–H and O–H groups in total. The van der Waals surface area contributed by atoms with Gasteiger partial charge >= 0.3 is 0 Å². The molecule has 0 heterocycles. The molecule has 2 aromatic rings. The number of ketones is 3. The lowest BCUT2D eigenvalue weighted by Gasteiger charge is -2.46. The lowest BCUT2D eigenvalue weighted by Crippen LogP contribution is -2.57. The zero-order chi connectivity index (χ0) is 29.3. The topological polar surface area (TPSA) is 178 Å². The third-order valence-corrected chi connectivity index (χ3v) is 8.21. The number of aliphatic hydroxyl groups excluding tert-OH is 2. The maximum Gasteiger partial charge on any atom is 0.255 e. The van der Waals surface area contributed by atoms with Gasteiger partial charge in [-0.3, -0.25) is 19.2 Å². The first kappa shape index (κ1) is 27.1. The maximum absolute atomic E-state index is 14.0. The van der Waals surface area contributed by atoms with Crippen molar-refractivity contribution in [1.29, 1.82) is 0 Å². The highest BCUT2D eigenvalue weighted by molar-refractivity contribution is 6.24. The van der Waals surface area contributed by atoms with E-state index in [0.29, 0.717) is 22.4 Å². The van der Waals surface area contributed by atoms with Crippen molar-refractivity contribution >= 4 is 28.9 Å². The zero-order valence-corrected chi connectivity index (χ0v) is 22.3. The minimum atomic E-state index is -2.62. The molecule has 5 rings (SSSR count). The third-order valence-electron chi connectivity index (χ3n) is 8.21. The molecule has 0 radical (unpaired) electrons. The summed E-state index contributed by atoms with van der Waals surface area (Å²) < 4.78 is 0. The molecule has 1 unspecified atom stereocenters. The summed E-state index contributed by atoms with van der Waals surface area (Å²) in [6, 6.07) is 8.81. The number of allylic oxidation sites excluding steroid dienone is 2. The summed E-state index contributed by atoms with van der Waals surface area (Å²) in [5, 5.41) is 44.6. The number of hydrogen-bond donors (Lipinski definition) is 5. The molecule has 0 fully saturated rings. The Morgan fingerprint density at radius 1 is 1.10 bits per heavy atom. The summed E-state index contributed by atoms with van der Waals surface area (Å²) in [6.07, 6.45) is 0.189. The summed E-state index contributed by atoms with van der Waals surface area (Å²) in [4.78, 5) is 52.6. The van der Waals surface area contributed by atoms with Gasteiger partial charge in [0, 0.05) is 49.7 Å². The van der Waals surface area contributed by atoms with E-state index in [1.165, 1.54) is 6.92 Å². The predicted octanol–water partition coefficient (Wildman–Crippen LogP) is 2.45. The van der Waals surface area contributed by atoms with Crippen LogP contribution in [0, 0.1) is 11.8 Å². The minimum Gasteiger partial charge on any atom is -0.511 e. The van der Waals surface area contributed by atoms with Gasteiger partial charge in [-0.2, -0.15) is 0 Å². The number of rotatable bonds is 5. The van der Waals surface area contributed by atoms with Gasteiger partial charge < -0.3 is 31.1 Å². The van der Waals surface area contributed by atoms with Crippen molar-refractivity contribution < 1.29 is 39.6 Å². The molecule has 3 aliphatic carbocycles. The summed E-state index contributed by atoms with van der Waals surface area (Å²) in [7, 11) is 3.59. The van der Waals surface area contributed by atoms with E-state index in [0.717, 1.165) is 5.56 Å². The SMILES string of the molecule is CC(=O)Cc1cccc(-c2cc(N(C)C)c3c(c2O)C(=O)C2=C(O)[C@]4(O)C(=O)C(C(N)=O)=C(O)CC4C[C@@H]2C3)c1. The zero-order valence-electron chi connectivity index (χ0n) is 22.3. The smallest absolute Gasteiger partial charge is 0.255 e. The fourth-order valence-electron chi connectivity index (χ4n) is 6.42. The number of fused-ring (bicyclic) bond motifs is 3. The van der Waals surface area contributed by atoms with Crippen LogP contribution in [0.25, 0.3) is 11.1 Å². The van der Waals surface area contributed by atoms with Crippen LogP contribution in [0.5, 0.6) is 5.75 Å². The molecule has 3 aliphatic rings. The highest BCUT2D eigenvalue weighted by atomic mass is 16.3. The molecule has 0 aromatic heterocycles. The van der Waals surface area contributed by atoms with Crippen molar-refractivity contribution in [3.05, 3.63) is 69.7 Å². The highest BCUT2D eigenvalue weighted by Gasteiger charge is 2.59. The van der Waals surface area contributed by atoms with Gasteiger partial charge in [-0.1, -0.05) is 24.3 Å². The normalized spacial score (nSPS) is 23.9. The standard InChI is InChI=1S/C30H30N2O8/c1-13(33)7-14-5-4-6-15(8-14)18-12-20(32(2)3)19-10-16-9-17-11-21(34)24(29(31)39)28(38)30(17,40)27(37)22(16)26(36)23(19)25(18)35/h4-6,8,12,16-17,34-35,37,40H,7,9-11H2,1-3H3,(H2,31,39)/t16-,17?,30+/m1/s1. The van der Waals surface area contributed by atoms with E-state index in [4.69, 9.17) is 5.73 Å². The second kappa shape index (κ2) is 9.34. The van der Waals surface area contributed by atoms with Gasteiger partial charge in [-0.05, 0) is 48.4 Å². The number of carbonyl (C=O) groups excluding carboxylic acids is 4. The number of amides is 1. The van der Waals surface area contributed by atoms with E-state index in [9.17, 15) is 39.6 Å². The Kier molecular flexibility index (Phi) is 6.34. The lowest BCUT2D eigenvalue weighted by molar-refractivity contribution is -0.144. The number of hydrogen-bond acceptors (Lipinski definition) is 9. The van der Waals surface area contributed by atoms with Gasteiger partial charge in [0.1, 0.15) is 28.6 Å². The van der Waals surface area contributed by atoms with Crippen LogP contribution in [0.1, 0.15) is 41.3 Å². The number of Topliss-reactive ketones (excluding diaryl/α,β-unsaturated/α-hetero) is 3. The van der Waals surface area contributed by atoms with Gasteiger partial charge in [0.25, 0.3) is 5.91 Å². The summed E-state index contributed by atoms with van der Waals surface area (Å²) in [5.41, 5.74) is 4.41. The fourth-order valence-corrected chi connectivity index (χ4v) is 6.42. The Bertz CT molecular complexity index is 1580. The first-order valence-electron chi connectivity index (χ1n) is 12.9. The number of phenolic OH excluding ortho intramolecular Hbond substituents is 1.